The molecule has 0 aliphatic rings. The summed E-state index contributed by atoms with van der Waals surface area (Å²) in [4.78, 5) is 86.4. The quantitative estimate of drug-likeness (QED) is 0.0480. The lowest BCUT2D eigenvalue weighted by Gasteiger charge is -2.36. The number of pyridine rings is 1. The van der Waals surface area contributed by atoms with Crippen LogP contribution in [0, 0.1) is 16.7 Å². The van der Waals surface area contributed by atoms with Gasteiger partial charge >= 0.3 is 24.3 Å². The third-order valence-corrected chi connectivity index (χ3v) is 10.2. The number of nitrogens with one attached hydrogen (secondary N) is 4. The Labute approximate surface area is 382 Å². The summed E-state index contributed by atoms with van der Waals surface area (Å²) >= 11 is 0. The summed E-state index contributed by atoms with van der Waals surface area (Å²) < 4.78 is 26.4. The van der Waals surface area contributed by atoms with E-state index in [0.29, 0.717) is 5.56 Å². The average molecular weight is 906 g/mol. The van der Waals surface area contributed by atoms with Crippen LogP contribution in [0.15, 0.2) is 79.0 Å². The van der Waals surface area contributed by atoms with E-state index in [1.807, 2.05) is 86.6 Å². The summed E-state index contributed by atoms with van der Waals surface area (Å²) in [7, 11) is 5.83. The fourth-order valence-corrected chi connectivity index (χ4v) is 6.94. The summed E-state index contributed by atoms with van der Waals surface area (Å²) in [5, 5.41) is 9.71. The predicted octanol–water partition coefficient (Wildman–Crippen LogP) is 5.46. The van der Waals surface area contributed by atoms with Crippen LogP contribution in [0.1, 0.15) is 66.5 Å². The maximum Gasteiger partial charge on any atom is 0.511 e. The van der Waals surface area contributed by atoms with E-state index < -0.39 is 84.0 Å². The number of benzene rings is 2. The number of nitrogens with zero attached hydrogens (tertiary/aromatic N) is 3. The standard InChI is InChI=1S/C47H67N7O11/c1-30(2)37(53(9)10)42(57)63-29-64-45(60)65-36(35(26-31-18-14-13-15-19-31)49-40(55)38(46(3,4)5)50-43(58)61-11)28-54(52-41(56)39(47(6,7)8)51-44(59)62-12)27-32-21-23-33(24-22-32)34-20-16-17-25-48-34/h13-25,30,35-39H,26-29H2,1-12H3,(H,49,55)(H,50,58)(H,51,59)(H,52,56)/t35-,36-,37-,38+,39+/m0/s1. The van der Waals surface area contributed by atoms with Crippen LogP contribution in [0.25, 0.3) is 11.3 Å². The molecule has 0 bridgehead atoms. The molecule has 5 atom stereocenters. The molecule has 1 heterocycles. The number of likely N-dealkylation sites (N-methyl/N-ethyl adjacent to an activating group) is 1. The van der Waals surface area contributed by atoms with Gasteiger partial charge in [0.1, 0.15) is 24.2 Å². The van der Waals surface area contributed by atoms with E-state index in [2.05, 4.69) is 26.4 Å². The Bertz CT molecular complexity index is 2000. The van der Waals surface area contributed by atoms with E-state index in [1.165, 1.54) is 19.2 Å². The molecule has 65 heavy (non-hydrogen) atoms. The molecular formula is C47H67N7O11. The van der Waals surface area contributed by atoms with Crippen molar-refractivity contribution in [2.45, 2.75) is 98.6 Å². The zero-order valence-corrected chi connectivity index (χ0v) is 39.6. The number of alkyl carbamates (subject to hydrolysis) is 2. The number of rotatable bonds is 20. The molecule has 356 valence electrons. The van der Waals surface area contributed by atoms with Gasteiger partial charge in [0.05, 0.1) is 32.5 Å². The zero-order valence-electron chi connectivity index (χ0n) is 39.6. The molecule has 4 amide bonds. The van der Waals surface area contributed by atoms with Gasteiger partial charge in [-0.15, -0.1) is 0 Å². The molecule has 1 aromatic heterocycles. The number of ether oxygens (including phenoxy) is 5. The van der Waals surface area contributed by atoms with Crippen LogP contribution in [0.4, 0.5) is 14.4 Å². The lowest BCUT2D eigenvalue weighted by atomic mass is 9.85. The first-order valence-corrected chi connectivity index (χ1v) is 21.3. The Morgan fingerprint density at radius 2 is 1.26 bits per heavy atom. The number of carbonyl (C=O) groups excluding carboxylic acids is 6. The summed E-state index contributed by atoms with van der Waals surface area (Å²) in [6, 6.07) is 18.2. The molecule has 3 rings (SSSR count). The van der Waals surface area contributed by atoms with Crippen molar-refractivity contribution in [3.05, 3.63) is 90.1 Å². The van der Waals surface area contributed by atoms with Crippen molar-refractivity contribution in [3.8, 4) is 11.3 Å². The van der Waals surface area contributed by atoms with Crippen LogP contribution < -0.4 is 21.4 Å². The molecule has 0 saturated heterocycles. The first kappa shape index (κ1) is 53.1. The minimum absolute atomic E-state index is 0.0253. The maximum absolute atomic E-state index is 14.3. The number of aromatic nitrogens is 1. The van der Waals surface area contributed by atoms with E-state index in [9.17, 15) is 28.8 Å². The molecule has 0 fully saturated rings. The van der Waals surface area contributed by atoms with Crippen molar-refractivity contribution in [1.29, 1.82) is 0 Å². The highest BCUT2D eigenvalue weighted by Gasteiger charge is 2.39. The SMILES string of the molecule is COC(=O)N[C@H](C(=O)N[C@@H](Cc1ccccc1)[C@H](CN(Cc1ccc(-c2ccccn2)cc1)NC(=O)[C@@H](NC(=O)OC)C(C)(C)C)OC(=O)OCOC(=O)[C@H](C(C)C)N(C)C)C(C)(C)C. The third kappa shape index (κ3) is 17.3. The van der Waals surface area contributed by atoms with Crippen LogP contribution in [-0.4, -0.2) is 123 Å². The number of hydrazine groups is 1. The van der Waals surface area contributed by atoms with Crippen molar-refractivity contribution in [2.75, 3.05) is 41.7 Å². The number of esters is 1. The van der Waals surface area contributed by atoms with E-state index >= 15 is 0 Å². The molecule has 0 unspecified atom stereocenters. The van der Waals surface area contributed by atoms with Crippen molar-refractivity contribution in [1.82, 2.24) is 36.3 Å². The smallest absolute Gasteiger partial charge is 0.453 e. The highest BCUT2D eigenvalue weighted by atomic mass is 16.8. The first-order valence-electron chi connectivity index (χ1n) is 21.3. The second-order valence-electron chi connectivity index (χ2n) is 18.2. The molecule has 18 nitrogen and oxygen atoms in total. The Kier molecular flexibility index (Phi) is 20.2. The van der Waals surface area contributed by atoms with Crippen LogP contribution >= 0.6 is 0 Å². The van der Waals surface area contributed by atoms with Crippen LogP contribution in [0.3, 0.4) is 0 Å². The summed E-state index contributed by atoms with van der Waals surface area (Å²) in [6.07, 6.45) is -2.45. The van der Waals surface area contributed by atoms with Gasteiger partial charge in [-0.05, 0) is 60.5 Å². The van der Waals surface area contributed by atoms with Gasteiger partial charge in [0.15, 0.2) is 0 Å². The number of hydrogen-bond donors (Lipinski definition) is 4. The van der Waals surface area contributed by atoms with E-state index in [0.717, 1.165) is 16.8 Å². The Balaban J connectivity index is 2.15. The molecule has 0 radical (unpaired) electrons. The van der Waals surface area contributed by atoms with Crippen molar-refractivity contribution < 1.29 is 52.5 Å². The molecule has 0 saturated carbocycles. The van der Waals surface area contributed by atoms with Gasteiger partial charge in [-0.2, -0.15) is 0 Å². The van der Waals surface area contributed by atoms with Gasteiger partial charge in [-0.1, -0.05) is 116 Å². The Morgan fingerprint density at radius 3 is 1.77 bits per heavy atom. The predicted molar refractivity (Wildman–Crippen MR) is 242 cm³/mol. The molecule has 0 aliphatic carbocycles. The Hall–Kier alpha value is -6.27. The van der Waals surface area contributed by atoms with Crippen LogP contribution in [-0.2, 0) is 51.0 Å². The number of carbonyl (C=O) groups is 6. The molecule has 0 spiro atoms. The van der Waals surface area contributed by atoms with Gasteiger partial charge in [-0.25, -0.2) is 19.4 Å². The largest absolute Gasteiger partial charge is 0.511 e. The highest BCUT2D eigenvalue weighted by Crippen LogP contribution is 2.24. The highest BCUT2D eigenvalue weighted by molar-refractivity contribution is 5.87. The molecule has 4 N–H and O–H groups in total. The molecule has 18 heteroatoms. The number of hydrogen-bond acceptors (Lipinski definition) is 14. The molecule has 0 aliphatic heterocycles. The van der Waals surface area contributed by atoms with Crippen molar-refractivity contribution >= 4 is 36.1 Å². The second-order valence-corrected chi connectivity index (χ2v) is 18.2. The van der Waals surface area contributed by atoms with Gasteiger partial charge in [-0.3, -0.25) is 29.7 Å². The summed E-state index contributed by atoms with van der Waals surface area (Å²) in [5.41, 5.74) is 4.32. The van der Waals surface area contributed by atoms with Crippen LogP contribution in [0.2, 0.25) is 0 Å². The lowest BCUT2D eigenvalue weighted by molar-refractivity contribution is -0.161. The van der Waals surface area contributed by atoms with Gasteiger partial charge in [0.2, 0.25) is 12.7 Å². The minimum Gasteiger partial charge on any atom is -0.453 e. The summed E-state index contributed by atoms with van der Waals surface area (Å²) in [5.74, 6) is -1.99. The van der Waals surface area contributed by atoms with Gasteiger partial charge < -0.3 is 39.6 Å². The third-order valence-electron chi connectivity index (χ3n) is 10.2. The average Bonchev–Trinajstić information content (AvgIpc) is 3.23. The number of methoxy groups -OCH3 is 2. The zero-order chi connectivity index (χ0) is 48.5. The van der Waals surface area contributed by atoms with Gasteiger partial charge in [0.25, 0.3) is 5.91 Å². The Morgan fingerprint density at radius 1 is 0.692 bits per heavy atom. The topological polar surface area (TPSA) is 216 Å². The van der Waals surface area contributed by atoms with Crippen molar-refractivity contribution in [3.63, 3.8) is 0 Å². The minimum atomic E-state index is -1.32. The fraction of sp³-hybridized carbons (Fsp3) is 0.511. The number of amides is 4. The molecule has 3 aromatic rings. The van der Waals surface area contributed by atoms with E-state index in [4.69, 9.17) is 23.7 Å². The summed E-state index contributed by atoms with van der Waals surface area (Å²) in [6.45, 7) is 13.3. The van der Waals surface area contributed by atoms with E-state index in [1.54, 1.807) is 66.7 Å². The second kappa shape index (κ2) is 24.7. The van der Waals surface area contributed by atoms with Gasteiger partial charge in [0, 0.05) is 18.3 Å². The monoisotopic (exact) mass is 905 g/mol. The fourth-order valence-electron chi connectivity index (χ4n) is 6.94. The molecule has 2 aromatic carbocycles. The normalized spacial score (nSPS) is 14.0. The first-order chi connectivity index (χ1) is 30.5. The van der Waals surface area contributed by atoms with Crippen molar-refractivity contribution in [2.24, 2.45) is 16.7 Å². The molecular weight excluding hydrogens is 839 g/mol. The van der Waals surface area contributed by atoms with Crippen LogP contribution in [0.5, 0.6) is 0 Å². The maximum atomic E-state index is 14.3. The lowest BCUT2D eigenvalue weighted by Crippen LogP contribution is -2.61. The van der Waals surface area contributed by atoms with E-state index in [-0.39, 0.29) is 25.4 Å².